The molecule has 0 atom stereocenters. The maximum atomic E-state index is 5.86. The summed E-state index contributed by atoms with van der Waals surface area (Å²) in [4.78, 5) is 9.16. The van der Waals surface area contributed by atoms with Crippen LogP contribution in [0.4, 0.5) is 6.01 Å². The topological polar surface area (TPSA) is 55.4 Å². The van der Waals surface area contributed by atoms with Gasteiger partial charge in [0.15, 0.2) is 10.8 Å². The van der Waals surface area contributed by atoms with E-state index in [1.165, 1.54) is 22.0 Å². The highest BCUT2D eigenvalue weighted by molar-refractivity contribution is 8.16. The fourth-order valence-corrected chi connectivity index (χ4v) is 4.11. The Labute approximate surface area is 167 Å². The number of hydrogen-bond acceptors (Lipinski definition) is 5. The summed E-state index contributed by atoms with van der Waals surface area (Å²) in [5, 5.41) is 7.38. The zero-order valence-corrected chi connectivity index (χ0v) is 16.6. The Hall–Kier alpha value is -2.99. The van der Waals surface area contributed by atoms with Gasteiger partial charge in [0.25, 0.3) is 0 Å². The smallest absolute Gasteiger partial charge is 0.301 e. The predicted molar refractivity (Wildman–Crippen MR) is 118 cm³/mol. The maximum Gasteiger partial charge on any atom is 0.301 e. The number of aromatic nitrogens is 2. The van der Waals surface area contributed by atoms with Gasteiger partial charge < -0.3 is 8.98 Å². The fourth-order valence-electron chi connectivity index (χ4n) is 3.37. The molecule has 0 saturated carbocycles. The van der Waals surface area contributed by atoms with Crippen LogP contribution in [0.2, 0.25) is 0 Å². The number of nitrogens with zero attached hydrogens (tertiary/aromatic N) is 3. The highest BCUT2D eigenvalue weighted by Gasteiger charge is 2.11. The van der Waals surface area contributed by atoms with Gasteiger partial charge in [0.1, 0.15) is 5.52 Å². The fraction of sp³-hybridized carbons (Fsp3) is 0.182. The van der Waals surface area contributed by atoms with Crippen molar-refractivity contribution in [2.45, 2.75) is 13.3 Å². The summed E-state index contributed by atoms with van der Waals surface area (Å²) in [6.45, 7) is 2.91. The summed E-state index contributed by atoms with van der Waals surface area (Å²) in [6.07, 6.45) is 3.07. The molecular weight excluding hydrogens is 368 g/mol. The van der Waals surface area contributed by atoms with E-state index in [1.54, 1.807) is 11.8 Å². The second kappa shape index (κ2) is 6.87. The molecule has 0 fully saturated rings. The highest BCUT2D eigenvalue weighted by Crippen LogP contribution is 2.29. The average molecular weight is 388 g/mol. The third kappa shape index (κ3) is 3.20. The summed E-state index contributed by atoms with van der Waals surface area (Å²) in [7, 11) is 2.06. The van der Waals surface area contributed by atoms with Gasteiger partial charge in [-0.3, -0.25) is 10.3 Å². The SMILES string of the molecule is CC1=CSC(Nc2nc3cc(-c4ccc5c(ccn5C)c4)ccc3o2)=NCC1. The first-order chi connectivity index (χ1) is 13.7. The molecule has 0 spiro atoms. The van der Waals surface area contributed by atoms with Crippen LogP contribution in [0.25, 0.3) is 33.1 Å². The molecule has 0 radical (unpaired) electrons. The molecule has 2 aromatic carbocycles. The minimum atomic E-state index is 0.477. The molecule has 1 aliphatic rings. The molecule has 6 heteroatoms. The van der Waals surface area contributed by atoms with Crippen molar-refractivity contribution in [3.05, 3.63) is 59.6 Å². The molecule has 5 rings (SSSR count). The second-order valence-corrected chi connectivity index (χ2v) is 7.90. The van der Waals surface area contributed by atoms with Crippen molar-refractivity contribution in [1.82, 2.24) is 9.55 Å². The summed E-state index contributed by atoms with van der Waals surface area (Å²) < 4.78 is 7.99. The molecule has 0 aliphatic carbocycles. The van der Waals surface area contributed by atoms with Crippen molar-refractivity contribution in [2.24, 2.45) is 12.0 Å². The van der Waals surface area contributed by atoms with Gasteiger partial charge in [0.05, 0.1) is 0 Å². The van der Waals surface area contributed by atoms with Gasteiger partial charge in [-0.1, -0.05) is 29.5 Å². The Kier molecular flexibility index (Phi) is 4.20. The number of thioether (sulfide) groups is 1. The largest absolute Gasteiger partial charge is 0.423 e. The van der Waals surface area contributed by atoms with Crippen molar-refractivity contribution >= 4 is 44.9 Å². The molecular formula is C22H20N4OS. The van der Waals surface area contributed by atoms with Gasteiger partial charge in [0, 0.05) is 30.7 Å². The lowest BCUT2D eigenvalue weighted by molar-refractivity contribution is 0.624. The van der Waals surface area contributed by atoms with E-state index in [-0.39, 0.29) is 0 Å². The molecule has 1 N–H and O–H groups in total. The van der Waals surface area contributed by atoms with E-state index < -0.39 is 0 Å². The average Bonchev–Trinajstić information content (AvgIpc) is 3.21. The number of nitrogens with one attached hydrogen (secondary N) is 1. The lowest BCUT2D eigenvalue weighted by atomic mass is 10.0. The second-order valence-electron chi connectivity index (χ2n) is 7.05. The molecule has 1 aliphatic heterocycles. The summed E-state index contributed by atoms with van der Waals surface area (Å²) >= 11 is 1.57. The summed E-state index contributed by atoms with van der Waals surface area (Å²) in [5.74, 6) is 0. The first kappa shape index (κ1) is 17.1. The van der Waals surface area contributed by atoms with Crippen molar-refractivity contribution in [1.29, 1.82) is 0 Å². The Morgan fingerprint density at radius 2 is 1.96 bits per heavy atom. The van der Waals surface area contributed by atoms with Crippen LogP contribution in [0.3, 0.4) is 0 Å². The lowest BCUT2D eigenvalue weighted by Crippen LogP contribution is -2.07. The number of amidine groups is 1. The number of oxazole rings is 1. The van der Waals surface area contributed by atoms with Crippen LogP contribution in [-0.2, 0) is 7.05 Å². The van der Waals surface area contributed by atoms with E-state index in [0.717, 1.165) is 34.8 Å². The number of aryl methyl sites for hydroxylation is 1. The van der Waals surface area contributed by atoms with E-state index in [1.807, 2.05) is 6.07 Å². The monoisotopic (exact) mass is 388 g/mol. The van der Waals surface area contributed by atoms with E-state index in [2.05, 4.69) is 81.8 Å². The molecule has 28 heavy (non-hydrogen) atoms. The number of anilines is 1. The minimum absolute atomic E-state index is 0.477. The van der Waals surface area contributed by atoms with Crippen LogP contribution in [0.5, 0.6) is 0 Å². The van der Waals surface area contributed by atoms with Crippen LogP contribution in [0.1, 0.15) is 13.3 Å². The molecule has 0 amide bonds. The van der Waals surface area contributed by atoms with Gasteiger partial charge in [-0.25, -0.2) is 0 Å². The quantitative estimate of drug-likeness (QED) is 0.472. The summed E-state index contributed by atoms with van der Waals surface area (Å²) in [5.41, 5.74) is 6.45. The molecule has 0 bridgehead atoms. The van der Waals surface area contributed by atoms with E-state index in [4.69, 9.17) is 4.42 Å². The van der Waals surface area contributed by atoms with Crippen LogP contribution in [0, 0.1) is 0 Å². The molecule has 0 unspecified atom stereocenters. The van der Waals surface area contributed by atoms with Gasteiger partial charge in [0.2, 0.25) is 0 Å². The van der Waals surface area contributed by atoms with Gasteiger partial charge in [-0.05, 0) is 60.2 Å². The van der Waals surface area contributed by atoms with Gasteiger partial charge >= 0.3 is 6.01 Å². The van der Waals surface area contributed by atoms with Crippen LogP contribution in [0.15, 0.2) is 69.1 Å². The molecule has 2 aromatic heterocycles. The molecule has 4 aromatic rings. The standard InChI is InChI=1S/C22H20N4OS/c1-14-7-9-23-22(28-13-14)25-21-24-18-12-16(4-6-20(18)27-21)15-3-5-19-17(11-15)8-10-26(19)2/h3-6,8,10-13H,7,9H2,1-2H3,(H,23,24,25). The van der Waals surface area contributed by atoms with Gasteiger partial charge in [-0.15, -0.1) is 0 Å². The number of benzene rings is 2. The number of aliphatic imine (C=N–C) groups is 1. The molecule has 0 saturated heterocycles. The predicted octanol–water partition coefficient (Wildman–Crippen LogP) is 5.80. The van der Waals surface area contributed by atoms with E-state index in [9.17, 15) is 0 Å². The Bertz CT molecular complexity index is 1250. The number of fused-ring (bicyclic) bond motifs is 2. The van der Waals surface area contributed by atoms with Crippen molar-refractivity contribution in [3.8, 4) is 11.1 Å². The number of rotatable bonds is 2. The first-order valence-electron chi connectivity index (χ1n) is 9.25. The van der Waals surface area contributed by atoms with E-state index in [0.29, 0.717) is 6.01 Å². The summed E-state index contributed by atoms with van der Waals surface area (Å²) in [6, 6.07) is 15.2. The Morgan fingerprint density at radius 1 is 1.11 bits per heavy atom. The highest BCUT2D eigenvalue weighted by atomic mass is 32.2. The molecule has 3 heterocycles. The number of hydrogen-bond donors (Lipinski definition) is 1. The zero-order chi connectivity index (χ0) is 19.1. The van der Waals surface area contributed by atoms with Crippen molar-refractivity contribution in [3.63, 3.8) is 0 Å². The normalized spacial score (nSPS) is 14.8. The van der Waals surface area contributed by atoms with Crippen LogP contribution >= 0.6 is 11.8 Å². The van der Waals surface area contributed by atoms with Crippen molar-refractivity contribution < 1.29 is 4.42 Å². The first-order valence-corrected chi connectivity index (χ1v) is 10.1. The Balaban J connectivity index is 1.45. The minimum Gasteiger partial charge on any atom is -0.423 e. The maximum absolute atomic E-state index is 5.86. The molecule has 5 nitrogen and oxygen atoms in total. The molecule has 140 valence electrons. The van der Waals surface area contributed by atoms with Gasteiger partial charge in [-0.2, -0.15) is 4.98 Å². The zero-order valence-electron chi connectivity index (χ0n) is 15.8. The van der Waals surface area contributed by atoms with E-state index >= 15 is 0 Å². The van der Waals surface area contributed by atoms with Crippen LogP contribution in [-0.4, -0.2) is 21.3 Å². The lowest BCUT2D eigenvalue weighted by Gasteiger charge is -2.03. The van der Waals surface area contributed by atoms with Crippen LogP contribution < -0.4 is 5.32 Å². The van der Waals surface area contributed by atoms with Crippen molar-refractivity contribution in [2.75, 3.05) is 11.9 Å². The third-order valence-corrected chi connectivity index (χ3v) is 5.93. The third-order valence-electron chi connectivity index (χ3n) is 4.95. The Morgan fingerprint density at radius 3 is 2.89 bits per heavy atom.